The van der Waals surface area contributed by atoms with Crippen LogP contribution >= 0.6 is 0 Å². The van der Waals surface area contributed by atoms with Gasteiger partial charge < -0.3 is 15.5 Å². The highest BCUT2D eigenvalue weighted by Gasteiger charge is 2.18. The first-order valence-corrected chi connectivity index (χ1v) is 34.5. The van der Waals surface area contributed by atoms with Gasteiger partial charge in [0.25, 0.3) is 0 Å². The van der Waals surface area contributed by atoms with E-state index in [4.69, 9.17) is 0 Å². The average molecular weight is 1080 g/mol. The van der Waals surface area contributed by atoms with E-state index in [0.29, 0.717) is 6.42 Å². The van der Waals surface area contributed by atoms with Crippen LogP contribution in [0.2, 0.25) is 0 Å². The van der Waals surface area contributed by atoms with Gasteiger partial charge in [0, 0.05) is 6.42 Å². The van der Waals surface area contributed by atoms with E-state index in [2.05, 4.69) is 104 Å². The average Bonchev–Trinajstić information content (AvgIpc) is 3.44. The van der Waals surface area contributed by atoms with E-state index in [1.165, 1.54) is 257 Å². The second kappa shape index (κ2) is 68.6. The summed E-state index contributed by atoms with van der Waals surface area (Å²) in [5, 5.41) is 23.3. The molecule has 0 bridgehead atoms. The van der Waals surface area contributed by atoms with Gasteiger partial charge in [-0.15, -0.1) is 0 Å². The Morgan fingerprint density at radius 3 is 0.846 bits per heavy atom. The molecule has 3 N–H and O–H groups in total. The van der Waals surface area contributed by atoms with Crippen molar-refractivity contribution in [2.24, 2.45) is 0 Å². The number of amides is 1. The Balaban J connectivity index is 3.50. The molecule has 0 rings (SSSR count). The molecule has 0 spiro atoms. The molecule has 0 aliphatic carbocycles. The van der Waals surface area contributed by atoms with Crippen molar-refractivity contribution in [2.75, 3.05) is 6.61 Å². The zero-order valence-electron chi connectivity index (χ0n) is 52.2. The van der Waals surface area contributed by atoms with Crippen LogP contribution in [0.5, 0.6) is 0 Å². The summed E-state index contributed by atoms with van der Waals surface area (Å²) in [6.07, 6.45) is 102. The molecule has 0 heterocycles. The second-order valence-corrected chi connectivity index (χ2v) is 23.2. The molecule has 4 nitrogen and oxygen atoms in total. The van der Waals surface area contributed by atoms with Crippen LogP contribution < -0.4 is 5.32 Å². The van der Waals surface area contributed by atoms with Gasteiger partial charge >= 0.3 is 0 Å². The summed E-state index contributed by atoms with van der Waals surface area (Å²) in [6, 6.07) is -0.632. The Morgan fingerprint density at radius 1 is 0.321 bits per heavy atom. The van der Waals surface area contributed by atoms with Crippen LogP contribution in [-0.4, -0.2) is 34.9 Å². The number of allylic oxidation sites excluding steroid dienone is 15. The van der Waals surface area contributed by atoms with Crippen molar-refractivity contribution >= 4 is 5.91 Å². The fourth-order valence-corrected chi connectivity index (χ4v) is 10.4. The summed E-state index contributed by atoms with van der Waals surface area (Å²) >= 11 is 0. The minimum absolute atomic E-state index is 0.0666. The minimum atomic E-state index is -0.848. The van der Waals surface area contributed by atoms with Crippen molar-refractivity contribution in [2.45, 2.75) is 360 Å². The molecule has 0 saturated heterocycles. The number of nitrogens with one attached hydrogen (secondary N) is 1. The first-order valence-electron chi connectivity index (χ1n) is 34.5. The Hall–Kier alpha value is -2.69. The Morgan fingerprint density at radius 2 is 0.564 bits per heavy atom. The zero-order valence-corrected chi connectivity index (χ0v) is 52.2. The van der Waals surface area contributed by atoms with Crippen LogP contribution in [0.1, 0.15) is 348 Å². The van der Waals surface area contributed by atoms with Gasteiger partial charge in [0.15, 0.2) is 0 Å². The standard InChI is InChI=1S/C74H133NO3/c1-3-5-7-9-11-13-15-17-19-21-23-25-27-29-31-33-35-37-39-41-43-45-47-49-51-53-55-57-59-61-63-65-67-69-73(77)72(71-76)75-74(78)70-68-66-64-62-60-58-56-54-52-50-48-46-44-42-40-38-36-34-32-30-28-26-24-22-20-18-16-14-12-10-8-6-4-2/h6,8,12,14,18,20,24,26,30,32,36,38,42,44,67,69,72-73,76-77H,3-5,7,9-11,13,15-17,19,21-23,25,27-29,31,33-35,37,39-41,43,45-66,68,70-71H2,1-2H3,(H,75,78)/b8-6-,14-12-,20-18-,26-24-,32-30-,38-36-,44-42-,69-67+. The molecular weight excluding hydrogens is 951 g/mol. The molecule has 0 radical (unpaired) electrons. The van der Waals surface area contributed by atoms with Crippen LogP contribution in [0, 0.1) is 0 Å². The highest BCUT2D eigenvalue weighted by atomic mass is 16.3. The third-order valence-electron chi connectivity index (χ3n) is 15.6. The molecule has 2 unspecified atom stereocenters. The van der Waals surface area contributed by atoms with Gasteiger partial charge in [0.05, 0.1) is 18.8 Å². The van der Waals surface area contributed by atoms with E-state index in [1.807, 2.05) is 6.08 Å². The second-order valence-electron chi connectivity index (χ2n) is 23.2. The molecule has 0 aromatic carbocycles. The van der Waals surface area contributed by atoms with Crippen molar-refractivity contribution in [1.82, 2.24) is 5.32 Å². The Labute approximate surface area is 487 Å². The molecular formula is C74H133NO3. The normalized spacial score (nSPS) is 13.3. The number of aliphatic hydroxyl groups excluding tert-OH is 2. The topological polar surface area (TPSA) is 69.6 Å². The van der Waals surface area contributed by atoms with E-state index in [0.717, 1.165) is 70.6 Å². The van der Waals surface area contributed by atoms with E-state index in [9.17, 15) is 15.0 Å². The number of carbonyl (C=O) groups excluding carboxylic acids is 1. The highest BCUT2D eigenvalue weighted by molar-refractivity contribution is 5.76. The van der Waals surface area contributed by atoms with Crippen LogP contribution in [0.15, 0.2) is 97.2 Å². The summed E-state index contributed by atoms with van der Waals surface area (Å²) in [5.74, 6) is -0.0666. The molecule has 452 valence electrons. The van der Waals surface area contributed by atoms with Crippen LogP contribution in [0.3, 0.4) is 0 Å². The molecule has 0 saturated carbocycles. The van der Waals surface area contributed by atoms with Crippen molar-refractivity contribution in [3.8, 4) is 0 Å². The molecule has 0 aromatic rings. The lowest BCUT2D eigenvalue weighted by atomic mass is 10.0. The SMILES string of the molecule is CC/C=C\C/C=C\C/C=C\C/C=C\C/C=C\C/C=C\C/C=C\CCCCCCCCCCCCCC(=O)NC(CO)C(O)/C=C/CCCCCCCCCCCCCCCCCCCCCCCCCCCCCCCCC. The van der Waals surface area contributed by atoms with E-state index < -0.39 is 12.1 Å². The third kappa shape index (κ3) is 64.1. The highest BCUT2D eigenvalue weighted by Crippen LogP contribution is 2.18. The summed E-state index contributed by atoms with van der Waals surface area (Å²) in [5.41, 5.74) is 0. The summed E-state index contributed by atoms with van der Waals surface area (Å²) < 4.78 is 0. The third-order valence-corrected chi connectivity index (χ3v) is 15.6. The Bertz CT molecular complexity index is 1420. The van der Waals surface area contributed by atoms with E-state index >= 15 is 0 Å². The van der Waals surface area contributed by atoms with Gasteiger partial charge in [-0.2, -0.15) is 0 Å². The number of aliphatic hydroxyl groups is 2. The molecule has 0 aromatic heterocycles. The smallest absolute Gasteiger partial charge is 0.220 e. The zero-order chi connectivity index (χ0) is 56.2. The van der Waals surface area contributed by atoms with Crippen LogP contribution in [0.4, 0.5) is 0 Å². The van der Waals surface area contributed by atoms with Crippen molar-refractivity contribution in [3.63, 3.8) is 0 Å². The number of hydrogen-bond acceptors (Lipinski definition) is 3. The number of hydrogen-bond donors (Lipinski definition) is 3. The fourth-order valence-electron chi connectivity index (χ4n) is 10.4. The quantitative estimate of drug-likeness (QED) is 0.0420. The van der Waals surface area contributed by atoms with Crippen LogP contribution in [0.25, 0.3) is 0 Å². The minimum Gasteiger partial charge on any atom is -0.394 e. The summed E-state index contributed by atoms with van der Waals surface area (Å²) in [7, 11) is 0. The van der Waals surface area contributed by atoms with Gasteiger partial charge in [-0.05, 0) is 77.0 Å². The van der Waals surface area contributed by atoms with Gasteiger partial charge in [-0.3, -0.25) is 4.79 Å². The molecule has 4 heteroatoms. The van der Waals surface area contributed by atoms with E-state index in [1.54, 1.807) is 6.08 Å². The van der Waals surface area contributed by atoms with Gasteiger partial charge in [0.2, 0.25) is 5.91 Å². The van der Waals surface area contributed by atoms with E-state index in [-0.39, 0.29) is 12.5 Å². The number of rotatable bonds is 63. The first kappa shape index (κ1) is 75.3. The molecule has 78 heavy (non-hydrogen) atoms. The molecule has 0 aliphatic heterocycles. The maximum Gasteiger partial charge on any atom is 0.220 e. The Kier molecular flexibility index (Phi) is 66.2. The summed E-state index contributed by atoms with van der Waals surface area (Å²) in [6.45, 7) is 4.22. The van der Waals surface area contributed by atoms with Crippen molar-refractivity contribution in [1.29, 1.82) is 0 Å². The fraction of sp³-hybridized carbons (Fsp3) is 0.770. The van der Waals surface area contributed by atoms with Gasteiger partial charge in [0.1, 0.15) is 0 Å². The molecule has 0 aliphatic rings. The summed E-state index contributed by atoms with van der Waals surface area (Å²) in [4.78, 5) is 12.5. The maximum atomic E-state index is 12.5. The largest absolute Gasteiger partial charge is 0.394 e. The number of unbranched alkanes of at least 4 members (excludes halogenated alkanes) is 42. The maximum absolute atomic E-state index is 12.5. The number of carbonyl (C=O) groups is 1. The lowest BCUT2D eigenvalue weighted by molar-refractivity contribution is -0.123. The molecule has 2 atom stereocenters. The lowest BCUT2D eigenvalue weighted by Gasteiger charge is -2.20. The lowest BCUT2D eigenvalue weighted by Crippen LogP contribution is -2.45. The van der Waals surface area contributed by atoms with Gasteiger partial charge in [-0.1, -0.05) is 361 Å². The van der Waals surface area contributed by atoms with Crippen molar-refractivity contribution in [3.05, 3.63) is 97.2 Å². The predicted octanol–water partition coefficient (Wildman–Crippen LogP) is 23.6. The molecule has 1 amide bonds. The van der Waals surface area contributed by atoms with Gasteiger partial charge in [-0.25, -0.2) is 0 Å². The first-order chi connectivity index (χ1) is 38.7. The molecule has 0 fully saturated rings. The van der Waals surface area contributed by atoms with Crippen molar-refractivity contribution < 1.29 is 15.0 Å². The monoisotopic (exact) mass is 1080 g/mol. The predicted molar refractivity (Wildman–Crippen MR) is 350 cm³/mol. The van der Waals surface area contributed by atoms with Crippen LogP contribution in [-0.2, 0) is 4.79 Å².